The molecule has 0 atom stereocenters. The first kappa shape index (κ1) is 8.27. The Morgan fingerprint density at radius 1 is 1.55 bits per heavy atom. The summed E-state index contributed by atoms with van der Waals surface area (Å²) >= 11 is 1.54. The monoisotopic (exact) mass is 167 g/mol. The lowest BCUT2D eigenvalue weighted by molar-refractivity contribution is -0.114. The third-order valence-corrected chi connectivity index (χ3v) is 2.25. The molecule has 1 aromatic heterocycles. The van der Waals surface area contributed by atoms with Gasteiger partial charge in [0.2, 0.25) is 0 Å². The van der Waals surface area contributed by atoms with E-state index in [2.05, 4.69) is 4.98 Å². The fourth-order valence-corrected chi connectivity index (χ4v) is 1.30. The molecule has 0 unspecified atom stereocenters. The van der Waals surface area contributed by atoms with Crippen LogP contribution in [0, 0.1) is 0 Å². The van der Waals surface area contributed by atoms with Gasteiger partial charge in [0.15, 0.2) is 0 Å². The molecule has 0 N–H and O–H groups in total. The van der Waals surface area contributed by atoms with Crippen molar-refractivity contribution in [3.63, 3.8) is 0 Å². The molecule has 0 bridgehead atoms. The van der Waals surface area contributed by atoms with E-state index in [9.17, 15) is 4.79 Å². The minimum atomic E-state index is 0.201. The lowest BCUT2D eigenvalue weighted by Crippen LogP contribution is -1.92. The van der Waals surface area contributed by atoms with Crippen LogP contribution in [0.15, 0.2) is 29.4 Å². The lowest BCUT2D eigenvalue weighted by atomic mass is 10.5. The van der Waals surface area contributed by atoms with Gasteiger partial charge >= 0.3 is 0 Å². The van der Waals surface area contributed by atoms with Crippen LogP contribution in [-0.2, 0) is 4.79 Å². The Bertz CT molecular complexity index is 235. The van der Waals surface area contributed by atoms with Crippen molar-refractivity contribution in [3.05, 3.63) is 24.5 Å². The van der Waals surface area contributed by atoms with Crippen molar-refractivity contribution in [1.82, 2.24) is 4.98 Å². The van der Waals surface area contributed by atoms with Crippen molar-refractivity contribution >= 4 is 17.5 Å². The van der Waals surface area contributed by atoms with Gasteiger partial charge in [-0.05, 0) is 19.1 Å². The number of nitrogens with zero attached hydrogens (tertiary/aromatic N) is 1. The van der Waals surface area contributed by atoms with Gasteiger partial charge in [-0.15, -0.1) is 11.8 Å². The minimum Gasteiger partial charge on any atom is -0.299 e. The summed E-state index contributed by atoms with van der Waals surface area (Å²) in [6.07, 6.45) is 3.45. The zero-order valence-corrected chi connectivity index (χ0v) is 7.10. The molecule has 0 aromatic carbocycles. The zero-order valence-electron chi connectivity index (χ0n) is 6.28. The Morgan fingerprint density at radius 2 is 2.18 bits per heavy atom. The normalized spacial score (nSPS) is 9.55. The molecule has 0 amide bonds. The topological polar surface area (TPSA) is 30.0 Å². The highest BCUT2D eigenvalue weighted by molar-refractivity contribution is 8.00. The maximum atomic E-state index is 10.6. The number of carbonyl (C=O) groups is 1. The van der Waals surface area contributed by atoms with E-state index in [1.54, 1.807) is 19.3 Å². The predicted molar refractivity (Wildman–Crippen MR) is 45.6 cm³/mol. The number of ketones is 1. The van der Waals surface area contributed by atoms with Crippen molar-refractivity contribution in [2.75, 3.05) is 5.75 Å². The summed E-state index contributed by atoms with van der Waals surface area (Å²) in [4.78, 5) is 15.5. The number of rotatable bonds is 3. The SMILES string of the molecule is CC(=O)CSc1ccncc1. The van der Waals surface area contributed by atoms with Crippen LogP contribution in [0.4, 0.5) is 0 Å². The Hall–Kier alpha value is -0.830. The zero-order chi connectivity index (χ0) is 8.10. The van der Waals surface area contributed by atoms with Crippen LogP contribution >= 0.6 is 11.8 Å². The summed E-state index contributed by atoms with van der Waals surface area (Å²) in [5, 5.41) is 0. The third-order valence-electron chi connectivity index (χ3n) is 1.09. The first-order valence-electron chi connectivity index (χ1n) is 3.31. The molecule has 0 saturated carbocycles. The van der Waals surface area contributed by atoms with Gasteiger partial charge in [0, 0.05) is 17.3 Å². The predicted octanol–water partition coefficient (Wildman–Crippen LogP) is 1.76. The number of pyridine rings is 1. The van der Waals surface area contributed by atoms with E-state index >= 15 is 0 Å². The quantitative estimate of drug-likeness (QED) is 0.642. The van der Waals surface area contributed by atoms with Crippen molar-refractivity contribution in [3.8, 4) is 0 Å². The second-order valence-electron chi connectivity index (χ2n) is 2.17. The highest BCUT2D eigenvalue weighted by Crippen LogP contribution is 2.15. The van der Waals surface area contributed by atoms with Crippen molar-refractivity contribution < 1.29 is 4.79 Å². The largest absolute Gasteiger partial charge is 0.299 e. The van der Waals surface area contributed by atoms with E-state index in [-0.39, 0.29) is 5.78 Å². The van der Waals surface area contributed by atoms with Crippen LogP contribution < -0.4 is 0 Å². The third kappa shape index (κ3) is 3.18. The average molecular weight is 167 g/mol. The van der Waals surface area contributed by atoms with Crippen LogP contribution in [0.25, 0.3) is 0 Å². The molecule has 1 aromatic rings. The van der Waals surface area contributed by atoms with E-state index in [0.29, 0.717) is 5.75 Å². The summed E-state index contributed by atoms with van der Waals surface area (Å²) in [6, 6.07) is 3.79. The standard InChI is InChI=1S/C8H9NOS/c1-7(10)6-11-8-2-4-9-5-3-8/h2-5H,6H2,1H3. The van der Waals surface area contributed by atoms with Crippen LogP contribution in [-0.4, -0.2) is 16.5 Å². The van der Waals surface area contributed by atoms with E-state index in [0.717, 1.165) is 4.90 Å². The maximum Gasteiger partial charge on any atom is 0.140 e. The molecule has 11 heavy (non-hydrogen) atoms. The van der Waals surface area contributed by atoms with Gasteiger partial charge in [-0.25, -0.2) is 0 Å². The minimum absolute atomic E-state index is 0.201. The van der Waals surface area contributed by atoms with Crippen LogP contribution in [0.1, 0.15) is 6.92 Å². The van der Waals surface area contributed by atoms with Crippen molar-refractivity contribution in [2.24, 2.45) is 0 Å². The molecular formula is C8H9NOS. The Balaban J connectivity index is 2.45. The molecular weight excluding hydrogens is 158 g/mol. The number of Topliss-reactive ketones (excluding diaryl/α,β-unsaturated/α-hetero) is 1. The van der Waals surface area contributed by atoms with Crippen LogP contribution in [0.2, 0.25) is 0 Å². The molecule has 0 saturated heterocycles. The van der Waals surface area contributed by atoms with Crippen LogP contribution in [0.5, 0.6) is 0 Å². The molecule has 0 spiro atoms. The van der Waals surface area contributed by atoms with Gasteiger partial charge in [0.1, 0.15) is 5.78 Å². The molecule has 0 aliphatic rings. The second kappa shape index (κ2) is 4.13. The summed E-state index contributed by atoms with van der Waals surface area (Å²) in [6.45, 7) is 1.59. The number of hydrogen-bond donors (Lipinski definition) is 0. The molecule has 0 aliphatic carbocycles. The second-order valence-corrected chi connectivity index (χ2v) is 3.22. The molecule has 0 radical (unpaired) electrons. The molecule has 3 heteroatoms. The summed E-state index contributed by atoms with van der Waals surface area (Å²) in [5.74, 6) is 0.746. The van der Waals surface area contributed by atoms with Gasteiger partial charge in [-0.3, -0.25) is 9.78 Å². The fourth-order valence-electron chi connectivity index (χ4n) is 0.619. The molecule has 0 aliphatic heterocycles. The summed E-state index contributed by atoms with van der Waals surface area (Å²) in [7, 11) is 0. The van der Waals surface area contributed by atoms with Crippen molar-refractivity contribution in [1.29, 1.82) is 0 Å². The van der Waals surface area contributed by atoms with Gasteiger partial charge < -0.3 is 0 Å². The smallest absolute Gasteiger partial charge is 0.140 e. The maximum absolute atomic E-state index is 10.6. The number of hydrogen-bond acceptors (Lipinski definition) is 3. The lowest BCUT2D eigenvalue weighted by Gasteiger charge is -1.95. The first-order valence-corrected chi connectivity index (χ1v) is 4.30. The van der Waals surface area contributed by atoms with Gasteiger partial charge in [-0.1, -0.05) is 0 Å². The fraction of sp³-hybridized carbons (Fsp3) is 0.250. The highest BCUT2D eigenvalue weighted by Gasteiger charge is 1.94. The van der Waals surface area contributed by atoms with E-state index in [4.69, 9.17) is 0 Å². The van der Waals surface area contributed by atoms with Gasteiger partial charge in [0.25, 0.3) is 0 Å². The van der Waals surface area contributed by atoms with Crippen molar-refractivity contribution in [2.45, 2.75) is 11.8 Å². The van der Waals surface area contributed by atoms with E-state index < -0.39 is 0 Å². The Kier molecular flexibility index (Phi) is 3.11. The number of aromatic nitrogens is 1. The molecule has 58 valence electrons. The Labute approximate surface area is 70.0 Å². The van der Waals surface area contributed by atoms with Gasteiger partial charge in [-0.2, -0.15) is 0 Å². The molecule has 1 heterocycles. The first-order chi connectivity index (χ1) is 5.29. The molecule has 1 rings (SSSR count). The summed E-state index contributed by atoms with van der Waals surface area (Å²) < 4.78 is 0. The molecule has 0 fully saturated rings. The highest BCUT2D eigenvalue weighted by atomic mass is 32.2. The number of thioether (sulfide) groups is 1. The number of carbonyl (C=O) groups excluding carboxylic acids is 1. The van der Waals surface area contributed by atoms with E-state index in [1.165, 1.54) is 11.8 Å². The average Bonchev–Trinajstić information content (AvgIpc) is 2.03. The molecule has 2 nitrogen and oxygen atoms in total. The van der Waals surface area contributed by atoms with E-state index in [1.807, 2.05) is 12.1 Å². The van der Waals surface area contributed by atoms with Crippen LogP contribution in [0.3, 0.4) is 0 Å². The Morgan fingerprint density at radius 3 is 2.73 bits per heavy atom. The summed E-state index contributed by atoms with van der Waals surface area (Å²) in [5.41, 5.74) is 0. The van der Waals surface area contributed by atoms with Gasteiger partial charge in [0.05, 0.1) is 5.75 Å².